The molecule has 6 heteroatoms. The van der Waals surface area contributed by atoms with Crippen LogP contribution >= 0.6 is 11.3 Å². The summed E-state index contributed by atoms with van der Waals surface area (Å²) in [4.78, 5) is 19.6. The first-order valence-corrected chi connectivity index (χ1v) is 8.58. The lowest BCUT2D eigenvalue weighted by molar-refractivity contribution is 0.0533. The number of esters is 1. The molecule has 1 atom stereocenters. The predicted octanol–water partition coefficient (Wildman–Crippen LogP) is 2.98. The van der Waals surface area contributed by atoms with Gasteiger partial charge in [0.15, 0.2) is 10.7 Å². The van der Waals surface area contributed by atoms with Crippen molar-refractivity contribution in [2.75, 3.05) is 31.6 Å². The van der Waals surface area contributed by atoms with Crippen LogP contribution in [0.25, 0.3) is 0 Å². The summed E-state index contributed by atoms with van der Waals surface area (Å²) in [6.45, 7) is 10.3. The molecule has 0 amide bonds. The normalized spacial score (nSPS) is 19.5. The third kappa shape index (κ3) is 4.41. The summed E-state index contributed by atoms with van der Waals surface area (Å²) in [5, 5.41) is 4.15. The maximum absolute atomic E-state index is 12.0. The highest BCUT2D eigenvalue weighted by Crippen LogP contribution is 2.26. The summed E-state index contributed by atoms with van der Waals surface area (Å²) in [5.41, 5.74) is 0. The number of aromatic nitrogens is 1. The monoisotopic (exact) mass is 311 g/mol. The van der Waals surface area contributed by atoms with E-state index in [4.69, 9.17) is 4.74 Å². The molecule has 21 heavy (non-hydrogen) atoms. The summed E-state index contributed by atoms with van der Waals surface area (Å²) in [5.74, 6) is 1.14. The molecule has 1 saturated heterocycles. The van der Waals surface area contributed by atoms with Gasteiger partial charge in [-0.2, -0.15) is 0 Å². The molecule has 2 heterocycles. The zero-order valence-electron chi connectivity index (χ0n) is 13.1. The lowest BCUT2D eigenvalue weighted by atomic mass is 10.0. The molecule has 118 valence electrons. The number of carbonyl (C=O) groups excluding carboxylic acids is 1. The zero-order valence-corrected chi connectivity index (χ0v) is 14.0. The number of thiazole rings is 1. The average molecular weight is 311 g/mol. The first-order valence-electron chi connectivity index (χ1n) is 7.77. The van der Waals surface area contributed by atoms with E-state index in [0.29, 0.717) is 17.3 Å². The molecule has 1 aliphatic heterocycles. The van der Waals surface area contributed by atoms with Gasteiger partial charge in [-0.05, 0) is 39.2 Å². The van der Waals surface area contributed by atoms with Crippen LogP contribution in [0.5, 0.6) is 0 Å². The Kier molecular flexibility index (Phi) is 5.99. The highest BCUT2D eigenvalue weighted by Gasteiger charge is 2.22. The highest BCUT2D eigenvalue weighted by molar-refractivity contribution is 7.14. The Morgan fingerprint density at radius 1 is 1.52 bits per heavy atom. The number of ether oxygens (including phenoxy) is 1. The molecule has 0 bridgehead atoms. The summed E-state index contributed by atoms with van der Waals surface area (Å²) < 4.78 is 5.11. The number of anilines is 1. The molecule has 1 N–H and O–H groups in total. The summed E-state index contributed by atoms with van der Waals surface area (Å²) >= 11 is 1.45. The standard InChI is InChI=1S/C15H25N3O2S/c1-4-16-14-13(15(19)20-5-2)21-12(17-14)10-18-8-6-7-11(3)9-18/h11,16H,4-10H2,1-3H3. The smallest absolute Gasteiger partial charge is 0.352 e. The second kappa shape index (κ2) is 7.75. The topological polar surface area (TPSA) is 54.5 Å². The molecule has 1 aliphatic rings. The summed E-state index contributed by atoms with van der Waals surface area (Å²) in [7, 11) is 0. The summed E-state index contributed by atoms with van der Waals surface area (Å²) in [6.07, 6.45) is 2.56. The van der Waals surface area contributed by atoms with E-state index in [1.54, 1.807) is 0 Å². The van der Waals surface area contributed by atoms with Crippen LogP contribution in [-0.4, -0.2) is 42.1 Å². The van der Waals surface area contributed by atoms with Crippen molar-refractivity contribution in [1.29, 1.82) is 0 Å². The minimum atomic E-state index is -0.274. The van der Waals surface area contributed by atoms with Gasteiger partial charge in [0.1, 0.15) is 5.01 Å². The molecule has 1 aromatic rings. The van der Waals surface area contributed by atoms with Gasteiger partial charge in [0.2, 0.25) is 0 Å². The van der Waals surface area contributed by atoms with E-state index in [0.717, 1.165) is 37.1 Å². The van der Waals surface area contributed by atoms with Crippen molar-refractivity contribution in [2.24, 2.45) is 5.92 Å². The second-order valence-electron chi connectivity index (χ2n) is 5.52. The van der Waals surface area contributed by atoms with Gasteiger partial charge in [-0.25, -0.2) is 9.78 Å². The van der Waals surface area contributed by atoms with E-state index < -0.39 is 0 Å². The average Bonchev–Trinajstić information content (AvgIpc) is 2.82. The molecule has 0 saturated carbocycles. The number of nitrogens with one attached hydrogen (secondary N) is 1. The van der Waals surface area contributed by atoms with E-state index in [1.807, 2.05) is 13.8 Å². The fourth-order valence-electron chi connectivity index (χ4n) is 2.68. The Bertz CT molecular complexity index is 475. The van der Waals surface area contributed by atoms with Crippen molar-refractivity contribution in [3.8, 4) is 0 Å². The second-order valence-corrected chi connectivity index (χ2v) is 6.60. The first-order chi connectivity index (χ1) is 10.1. The van der Waals surface area contributed by atoms with E-state index in [1.165, 1.54) is 24.2 Å². The van der Waals surface area contributed by atoms with Crippen LogP contribution in [0.2, 0.25) is 0 Å². The van der Waals surface area contributed by atoms with Crippen molar-refractivity contribution < 1.29 is 9.53 Å². The van der Waals surface area contributed by atoms with Crippen LogP contribution < -0.4 is 5.32 Å². The molecule has 0 spiro atoms. The fraction of sp³-hybridized carbons (Fsp3) is 0.733. The lowest BCUT2D eigenvalue weighted by Crippen LogP contribution is -2.33. The molecule has 0 aromatic carbocycles. The highest BCUT2D eigenvalue weighted by atomic mass is 32.1. The molecule has 2 rings (SSSR count). The number of likely N-dealkylation sites (tertiary alicyclic amines) is 1. The SMILES string of the molecule is CCNc1nc(CN2CCCC(C)C2)sc1C(=O)OCC. The van der Waals surface area contributed by atoms with E-state index in [9.17, 15) is 4.79 Å². The lowest BCUT2D eigenvalue weighted by Gasteiger charge is -2.29. The molecule has 1 fully saturated rings. The Morgan fingerprint density at radius 3 is 3.00 bits per heavy atom. The third-order valence-corrected chi connectivity index (χ3v) is 4.60. The maximum atomic E-state index is 12.0. The van der Waals surface area contributed by atoms with Crippen molar-refractivity contribution in [3.63, 3.8) is 0 Å². The minimum absolute atomic E-state index is 0.274. The van der Waals surface area contributed by atoms with Crippen LogP contribution in [0, 0.1) is 5.92 Å². The van der Waals surface area contributed by atoms with E-state index in [2.05, 4.69) is 22.1 Å². The Labute approximate surface area is 130 Å². The van der Waals surface area contributed by atoms with Gasteiger partial charge < -0.3 is 10.1 Å². The predicted molar refractivity (Wildman–Crippen MR) is 85.9 cm³/mol. The molecule has 5 nitrogen and oxygen atoms in total. The molecule has 1 aromatic heterocycles. The maximum Gasteiger partial charge on any atom is 0.352 e. The van der Waals surface area contributed by atoms with Crippen LogP contribution in [0.3, 0.4) is 0 Å². The number of carbonyl (C=O) groups is 1. The van der Waals surface area contributed by atoms with Crippen LogP contribution in [-0.2, 0) is 11.3 Å². The van der Waals surface area contributed by atoms with Gasteiger partial charge in [-0.1, -0.05) is 6.92 Å². The van der Waals surface area contributed by atoms with Crippen molar-refractivity contribution in [1.82, 2.24) is 9.88 Å². The minimum Gasteiger partial charge on any atom is -0.462 e. The quantitative estimate of drug-likeness (QED) is 0.819. The number of piperidine rings is 1. The van der Waals surface area contributed by atoms with Crippen molar-refractivity contribution in [2.45, 2.75) is 40.2 Å². The van der Waals surface area contributed by atoms with Gasteiger partial charge in [-0.3, -0.25) is 4.90 Å². The van der Waals surface area contributed by atoms with E-state index >= 15 is 0 Å². The van der Waals surface area contributed by atoms with Crippen LogP contribution in [0.4, 0.5) is 5.82 Å². The summed E-state index contributed by atoms with van der Waals surface area (Å²) in [6, 6.07) is 0. The fourth-order valence-corrected chi connectivity index (χ4v) is 3.65. The zero-order chi connectivity index (χ0) is 15.2. The van der Waals surface area contributed by atoms with Gasteiger partial charge in [0.05, 0.1) is 13.2 Å². The molecule has 0 aliphatic carbocycles. The number of rotatable bonds is 6. The van der Waals surface area contributed by atoms with E-state index in [-0.39, 0.29) is 5.97 Å². The molecule has 1 unspecified atom stereocenters. The van der Waals surface area contributed by atoms with Gasteiger partial charge in [0.25, 0.3) is 0 Å². The van der Waals surface area contributed by atoms with Crippen LogP contribution in [0.1, 0.15) is 48.3 Å². The molecular formula is C15H25N3O2S. The third-order valence-electron chi connectivity index (χ3n) is 3.58. The number of nitrogens with zero attached hydrogens (tertiary/aromatic N) is 2. The Balaban J connectivity index is 2.09. The van der Waals surface area contributed by atoms with Crippen molar-refractivity contribution in [3.05, 3.63) is 9.88 Å². The molecule has 0 radical (unpaired) electrons. The largest absolute Gasteiger partial charge is 0.462 e. The Hall–Kier alpha value is -1.14. The van der Waals surface area contributed by atoms with Gasteiger partial charge >= 0.3 is 5.97 Å². The number of hydrogen-bond acceptors (Lipinski definition) is 6. The molecular weight excluding hydrogens is 286 g/mol. The van der Waals surface area contributed by atoms with Crippen LogP contribution in [0.15, 0.2) is 0 Å². The Morgan fingerprint density at radius 2 is 2.33 bits per heavy atom. The van der Waals surface area contributed by atoms with Crippen molar-refractivity contribution >= 4 is 23.1 Å². The number of hydrogen-bond donors (Lipinski definition) is 1. The first kappa shape index (κ1) is 16.2. The van der Waals surface area contributed by atoms with Gasteiger partial charge in [-0.15, -0.1) is 11.3 Å². The van der Waals surface area contributed by atoms with Gasteiger partial charge in [0, 0.05) is 13.1 Å².